The molecule has 1 aliphatic heterocycles. The van der Waals surface area contributed by atoms with Crippen LogP contribution in [0.1, 0.15) is 12.8 Å². The van der Waals surface area contributed by atoms with Gasteiger partial charge in [0.25, 0.3) is 11.8 Å². The number of amides is 2. The van der Waals surface area contributed by atoms with Crippen molar-refractivity contribution < 1.29 is 19.0 Å². The topological polar surface area (TPSA) is 52.9 Å². The molecule has 16 heavy (non-hydrogen) atoms. The summed E-state index contributed by atoms with van der Waals surface area (Å²) < 4.78 is 1.69. The maximum absolute atomic E-state index is 11.3. The largest absolute Gasteiger partial charge is 0.470 e. The van der Waals surface area contributed by atoms with Crippen molar-refractivity contribution in [2.45, 2.75) is 12.8 Å². The highest BCUT2D eigenvalue weighted by Crippen LogP contribution is 2.12. The number of hydrogen-bond donors (Lipinski definition) is 0. The molecule has 92 valence electrons. The quantitative estimate of drug-likeness (QED) is 0.204. The molecule has 0 atom stereocenters. The average molecular weight is 229 g/mol. The standard InChI is InChI=1S/C9H16N3O3.CH3/c1-10(2)9(11(3)4)15-12-7(13)5-6-8(12)14;/h5-6H2,1-4H3;1H3/q+1;-1. The van der Waals surface area contributed by atoms with E-state index >= 15 is 0 Å². The van der Waals surface area contributed by atoms with Crippen molar-refractivity contribution in [1.29, 1.82) is 0 Å². The normalized spacial score (nSPS) is 14.6. The lowest BCUT2D eigenvalue weighted by Crippen LogP contribution is -2.41. The van der Waals surface area contributed by atoms with Crippen LogP contribution in [0.3, 0.4) is 0 Å². The SMILES string of the molecule is CN(C)C(ON1C(=O)CCC1=O)=[N+](C)C.[CH3-]. The van der Waals surface area contributed by atoms with Gasteiger partial charge in [-0.3, -0.25) is 14.4 Å². The Balaban J connectivity index is 0.00000225. The van der Waals surface area contributed by atoms with Gasteiger partial charge in [-0.1, -0.05) is 5.06 Å². The van der Waals surface area contributed by atoms with Gasteiger partial charge in [0.2, 0.25) is 0 Å². The van der Waals surface area contributed by atoms with E-state index in [0.29, 0.717) is 6.02 Å². The third-order valence-electron chi connectivity index (χ3n) is 1.94. The molecule has 0 spiro atoms. The summed E-state index contributed by atoms with van der Waals surface area (Å²) in [6.07, 6.45) is 0.458. The van der Waals surface area contributed by atoms with Crippen molar-refractivity contribution in [1.82, 2.24) is 9.96 Å². The van der Waals surface area contributed by atoms with Crippen molar-refractivity contribution in [3.05, 3.63) is 7.43 Å². The van der Waals surface area contributed by atoms with Crippen LogP contribution in [0.2, 0.25) is 0 Å². The van der Waals surface area contributed by atoms with Crippen LogP contribution in [0.15, 0.2) is 0 Å². The predicted molar refractivity (Wildman–Crippen MR) is 59.4 cm³/mol. The first-order chi connectivity index (χ1) is 6.93. The van der Waals surface area contributed by atoms with E-state index in [9.17, 15) is 9.59 Å². The molecule has 0 aromatic heterocycles. The van der Waals surface area contributed by atoms with Crippen LogP contribution in [0.4, 0.5) is 0 Å². The summed E-state index contributed by atoms with van der Waals surface area (Å²) in [5.41, 5.74) is 0. The minimum absolute atomic E-state index is 0. The molecule has 0 saturated carbocycles. The zero-order valence-electron chi connectivity index (χ0n) is 10.5. The van der Waals surface area contributed by atoms with Crippen molar-refractivity contribution in [2.75, 3.05) is 28.2 Å². The lowest BCUT2D eigenvalue weighted by Gasteiger charge is -2.16. The van der Waals surface area contributed by atoms with Gasteiger partial charge in [-0.25, -0.2) is 9.48 Å². The van der Waals surface area contributed by atoms with Gasteiger partial charge in [-0.2, -0.15) is 0 Å². The Morgan fingerprint density at radius 1 is 1.25 bits per heavy atom. The Labute approximate surface area is 96.0 Å². The molecule has 1 saturated heterocycles. The number of rotatable bonds is 1. The third-order valence-corrected chi connectivity index (χ3v) is 1.94. The summed E-state index contributed by atoms with van der Waals surface area (Å²) >= 11 is 0. The number of hydrogen-bond acceptors (Lipinski definition) is 3. The van der Waals surface area contributed by atoms with E-state index in [0.717, 1.165) is 5.06 Å². The van der Waals surface area contributed by atoms with Gasteiger partial charge in [0.05, 0.1) is 28.2 Å². The van der Waals surface area contributed by atoms with Crippen LogP contribution in [0.5, 0.6) is 0 Å². The number of imide groups is 1. The van der Waals surface area contributed by atoms with Gasteiger partial charge in [0.1, 0.15) is 0 Å². The van der Waals surface area contributed by atoms with E-state index in [2.05, 4.69) is 0 Å². The molecule has 0 bridgehead atoms. The lowest BCUT2D eigenvalue weighted by atomic mass is 10.4. The molecule has 0 aromatic carbocycles. The van der Waals surface area contributed by atoms with Crippen LogP contribution < -0.4 is 0 Å². The van der Waals surface area contributed by atoms with Gasteiger partial charge in [-0.05, 0) is 0 Å². The zero-order chi connectivity index (χ0) is 11.6. The first-order valence-corrected chi connectivity index (χ1v) is 4.69. The van der Waals surface area contributed by atoms with Crippen LogP contribution in [-0.4, -0.2) is 60.6 Å². The van der Waals surface area contributed by atoms with E-state index in [1.165, 1.54) is 0 Å². The minimum atomic E-state index is -0.291. The minimum Gasteiger partial charge on any atom is -0.358 e. The Bertz CT molecular complexity index is 303. The zero-order valence-corrected chi connectivity index (χ0v) is 10.5. The fraction of sp³-hybridized carbons (Fsp3) is 0.600. The van der Waals surface area contributed by atoms with E-state index in [1.54, 1.807) is 37.7 Å². The van der Waals surface area contributed by atoms with Crippen molar-refractivity contribution in [3.63, 3.8) is 0 Å². The van der Waals surface area contributed by atoms with Gasteiger partial charge in [0.15, 0.2) is 0 Å². The smallest absolute Gasteiger partial charge is 0.358 e. The fourth-order valence-corrected chi connectivity index (χ4v) is 1.30. The van der Waals surface area contributed by atoms with Gasteiger partial charge in [0, 0.05) is 12.8 Å². The molecule has 6 nitrogen and oxygen atoms in total. The molecular weight excluding hydrogens is 210 g/mol. The summed E-state index contributed by atoms with van der Waals surface area (Å²) in [5.74, 6) is -0.581. The third kappa shape index (κ3) is 2.95. The van der Waals surface area contributed by atoms with Gasteiger partial charge < -0.3 is 7.43 Å². The summed E-state index contributed by atoms with van der Waals surface area (Å²) in [5, 5.41) is 0.829. The molecule has 0 unspecified atom stereocenters. The maximum atomic E-state index is 11.3. The molecule has 0 aromatic rings. The summed E-state index contributed by atoms with van der Waals surface area (Å²) in [4.78, 5) is 29.5. The number of hydroxylamine groups is 2. The number of carbonyl (C=O) groups is 2. The predicted octanol–water partition coefficient (Wildman–Crippen LogP) is -0.293. The second kappa shape index (κ2) is 5.48. The number of nitrogens with zero attached hydrogens (tertiary/aromatic N) is 3. The second-order valence-corrected chi connectivity index (χ2v) is 3.74. The maximum Gasteiger partial charge on any atom is 0.470 e. The van der Waals surface area contributed by atoms with Gasteiger partial charge in [-0.15, -0.1) is 0 Å². The first kappa shape index (κ1) is 14.4. The van der Waals surface area contributed by atoms with Crippen LogP contribution in [0, 0.1) is 7.43 Å². The number of amidine groups is 1. The molecule has 0 N–H and O–H groups in total. The molecule has 1 aliphatic rings. The molecule has 0 aliphatic carbocycles. The Morgan fingerprint density at radius 3 is 2.00 bits per heavy atom. The molecule has 0 radical (unpaired) electrons. The van der Waals surface area contributed by atoms with E-state index in [4.69, 9.17) is 4.84 Å². The molecule has 1 fully saturated rings. The molecule has 1 heterocycles. The van der Waals surface area contributed by atoms with Crippen molar-refractivity contribution in [2.24, 2.45) is 0 Å². The first-order valence-electron chi connectivity index (χ1n) is 4.69. The molecule has 6 heteroatoms. The monoisotopic (exact) mass is 229 g/mol. The lowest BCUT2D eigenvalue weighted by molar-refractivity contribution is -0.484. The second-order valence-electron chi connectivity index (χ2n) is 3.74. The summed E-state index contributed by atoms with van der Waals surface area (Å²) in [6.45, 7) is 0. The van der Waals surface area contributed by atoms with Crippen LogP contribution in [0.25, 0.3) is 0 Å². The van der Waals surface area contributed by atoms with Crippen molar-refractivity contribution >= 4 is 17.8 Å². The summed E-state index contributed by atoms with van der Waals surface area (Å²) in [7, 11) is 7.11. The number of carbonyl (C=O) groups excluding carboxylic acids is 2. The van der Waals surface area contributed by atoms with E-state index in [-0.39, 0.29) is 32.1 Å². The Kier molecular flexibility index (Phi) is 4.94. The van der Waals surface area contributed by atoms with Crippen LogP contribution in [-0.2, 0) is 14.4 Å². The Hall–Kier alpha value is -1.59. The van der Waals surface area contributed by atoms with Gasteiger partial charge >= 0.3 is 6.02 Å². The molecule has 1 rings (SSSR count). The average Bonchev–Trinajstić information content (AvgIpc) is 2.42. The summed E-state index contributed by atoms with van der Waals surface area (Å²) in [6, 6.07) is 0.443. The molecular formula is C10H19N3O3. The fourth-order valence-electron chi connectivity index (χ4n) is 1.30. The van der Waals surface area contributed by atoms with Crippen LogP contribution >= 0.6 is 0 Å². The highest BCUT2D eigenvalue weighted by atomic mass is 16.7. The van der Waals surface area contributed by atoms with E-state index < -0.39 is 0 Å². The van der Waals surface area contributed by atoms with Crippen molar-refractivity contribution in [3.8, 4) is 0 Å². The highest BCUT2D eigenvalue weighted by molar-refractivity contribution is 6.01. The highest BCUT2D eigenvalue weighted by Gasteiger charge is 2.34. The molecule has 2 amide bonds. The Morgan fingerprint density at radius 2 is 1.69 bits per heavy atom. The van der Waals surface area contributed by atoms with E-state index in [1.807, 2.05) is 0 Å².